The number of rotatable bonds is 4. The average Bonchev–Trinajstić information content (AvgIpc) is 2.75. The van der Waals surface area contributed by atoms with E-state index in [4.69, 9.17) is 16.3 Å². The Morgan fingerprint density at radius 1 is 1.10 bits per heavy atom. The lowest BCUT2D eigenvalue weighted by Crippen LogP contribution is -2.42. The zero-order valence-corrected chi connectivity index (χ0v) is 16.4. The number of aromatic nitrogens is 4. The number of nitrogens with zero attached hydrogens (tertiary/aromatic N) is 5. The van der Waals surface area contributed by atoms with Crippen molar-refractivity contribution in [2.24, 2.45) is 0 Å². The Bertz CT molecular complexity index is 1000. The molecule has 30 heavy (non-hydrogen) atoms. The van der Waals surface area contributed by atoms with E-state index in [1.54, 1.807) is 29.2 Å². The van der Waals surface area contributed by atoms with E-state index in [2.05, 4.69) is 19.9 Å². The highest BCUT2D eigenvalue weighted by Gasteiger charge is 2.35. The molecule has 156 valence electrons. The molecule has 0 amide bonds. The summed E-state index contributed by atoms with van der Waals surface area (Å²) in [5, 5.41) is 0.497. The maximum atomic E-state index is 13.5. The van der Waals surface area contributed by atoms with E-state index in [-0.39, 0.29) is 17.7 Å². The average molecular weight is 436 g/mol. The molecule has 6 nitrogen and oxygen atoms in total. The quantitative estimate of drug-likeness (QED) is 0.594. The summed E-state index contributed by atoms with van der Waals surface area (Å²) in [4.78, 5) is 17.9. The Labute approximate surface area is 175 Å². The highest BCUT2D eigenvalue weighted by molar-refractivity contribution is 6.30. The van der Waals surface area contributed by atoms with Crippen molar-refractivity contribution in [3.63, 3.8) is 0 Å². The Balaban J connectivity index is 1.61. The van der Waals surface area contributed by atoms with E-state index >= 15 is 0 Å². The summed E-state index contributed by atoms with van der Waals surface area (Å²) in [5.74, 6) is 0.633. The van der Waals surface area contributed by atoms with Gasteiger partial charge >= 0.3 is 6.18 Å². The van der Waals surface area contributed by atoms with Gasteiger partial charge in [-0.05, 0) is 31.0 Å². The smallest absolute Gasteiger partial charge is 0.433 e. The van der Waals surface area contributed by atoms with Gasteiger partial charge in [0, 0.05) is 42.8 Å². The highest BCUT2D eigenvalue weighted by Crippen LogP contribution is 2.32. The molecule has 0 spiro atoms. The molecule has 0 saturated carbocycles. The molecule has 10 heteroatoms. The van der Waals surface area contributed by atoms with Crippen molar-refractivity contribution < 1.29 is 17.9 Å². The largest absolute Gasteiger partial charge is 0.472 e. The van der Waals surface area contributed by atoms with Gasteiger partial charge in [-0.3, -0.25) is 4.98 Å². The van der Waals surface area contributed by atoms with Gasteiger partial charge in [-0.1, -0.05) is 11.6 Å². The van der Waals surface area contributed by atoms with Crippen LogP contribution >= 0.6 is 11.6 Å². The summed E-state index contributed by atoms with van der Waals surface area (Å²) in [5.41, 5.74) is -0.519. The van der Waals surface area contributed by atoms with Crippen molar-refractivity contribution in [3.8, 4) is 17.3 Å². The Kier molecular flexibility index (Phi) is 5.72. The van der Waals surface area contributed by atoms with Crippen LogP contribution in [0.4, 0.5) is 19.0 Å². The van der Waals surface area contributed by atoms with E-state index in [1.165, 1.54) is 18.6 Å². The number of ether oxygens (including phenoxy) is 1. The topological polar surface area (TPSA) is 64.0 Å². The minimum Gasteiger partial charge on any atom is -0.472 e. The summed E-state index contributed by atoms with van der Waals surface area (Å²) in [7, 11) is 0. The first-order valence-electron chi connectivity index (χ1n) is 9.28. The van der Waals surface area contributed by atoms with Crippen molar-refractivity contribution in [3.05, 3.63) is 59.6 Å². The second kappa shape index (κ2) is 8.43. The number of hydrogen-bond donors (Lipinski definition) is 0. The van der Waals surface area contributed by atoms with Crippen molar-refractivity contribution in [1.29, 1.82) is 0 Å². The van der Waals surface area contributed by atoms with Crippen LogP contribution in [0.25, 0.3) is 11.4 Å². The van der Waals surface area contributed by atoms with Crippen LogP contribution in [0.15, 0.2) is 48.9 Å². The Morgan fingerprint density at radius 2 is 1.90 bits per heavy atom. The summed E-state index contributed by atoms with van der Waals surface area (Å²) >= 11 is 5.84. The second-order valence-electron chi connectivity index (χ2n) is 6.81. The number of piperidine rings is 1. The fourth-order valence-electron chi connectivity index (χ4n) is 3.22. The summed E-state index contributed by atoms with van der Waals surface area (Å²) in [6.07, 6.45) is 1.15. The van der Waals surface area contributed by atoms with E-state index < -0.39 is 11.9 Å². The van der Waals surface area contributed by atoms with Crippen molar-refractivity contribution in [1.82, 2.24) is 19.9 Å². The Morgan fingerprint density at radius 3 is 2.60 bits per heavy atom. The van der Waals surface area contributed by atoms with E-state index in [0.717, 1.165) is 18.9 Å². The first-order valence-corrected chi connectivity index (χ1v) is 9.66. The van der Waals surface area contributed by atoms with Crippen molar-refractivity contribution >= 4 is 17.4 Å². The number of halogens is 4. The summed E-state index contributed by atoms with van der Waals surface area (Å²) in [6, 6.07) is 7.47. The van der Waals surface area contributed by atoms with Gasteiger partial charge in [0.05, 0.1) is 11.6 Å². The second-order valence-corrected chi connectivity index (χ2v) is 7.25. The van der Waals surface area contributed by atoms with Crippen LogP contribution in [-0.2, 0) is 6.18 Å². The van der Waals surface area contributed by atoms with E-state index in [1.807, 2.05) is 0 Å². The molecular formula is C20H17ClF3N5O. The molecule has 4 rings (SSSR count). The maximum Gasteiger partial charge on any atom is 0.433 e. The SMILES string of the molecule is FC(F)(F)c1cc(N2CCCC(Oc3ccc(Cl)cn3)C2)nc(-c2ccncc2)n1. The van der Waals surface area contributed by atoms with Crippen LogP contribution in [0.2, 0.25) is 5.02 Å². The summed E-state index contributed by atoms with van der Waals surface area (Å²) < 4.78 is 46.3. The van der Waals surface area contributed by atoms with Crippen LogP contribution in [0.5, 0.6) is 5.88 Å². The van der Waals surface area contributed by atoms with Crippen LogP contribution in [0.1, 0.15) is 18.5 Å². The normalized spacial score (nSPS) is 17.1. The fourth-order valence-corrected chi connectivity index (χ4v) is 3.33. The minimum absolute atomic E-state index is 0.00429. The van der Waals surface area contributed by atoms with Crippen LogP contribution in [-0.4, -0.2) is 39.1 Å². The van der Waals surface area contributed by atoms with Crippen LogP contribution in [0, 0.1) is 0 Å². The van der Waals surface area contributed by atoms with Gasteiger partial charge in [0.2, 0.25) is 5.88 Å². The van der Waals surface area contributed by atoms with E-state index in [9.17, 15) is 13.2 Å². The minimum atomic E-state index is -4.58. The molecule has 0 aliphatic carbocycles. The van der Waals surface area contributed by atoms with Gasteiger partial charge in [0.1, 0.15) is 11.9 Å². The third kappa shape index (κ3) is 4.79. The highest BCUT2D eigenvalue weighted by atomic mass is 35.5. The van der Waals surface area contributed by atoms with Gasteiger partial charge < -0.3 is 9.64 Å². The standard InChI is InChI=1S/C20H17ClF3N5O/c21-14-3-4-18(26-11-14)30-15-2-1-9-29(12-15)17-10-16(20(22,23)24)27-19(28-17)13-5-7-25-8-6-13/h3-8,10-11,15H,1-2,9,12H2. The number of alkyl halides is 3. The third-order valence-electron chi connectivity index (χ3n) is 4.63. The number of pyridine rings is 2. The maximum absolute atomic E-state index is 13.5. The lowest BCUT2D eigenvalue weighted by atomic mass is 10.1. The lowest BCUT2D eigenvalue weighted by Gasteiger charge is -2.33. The predicted molar refractivity (Wildman–Crippen MR) is 105 cm³/mol. The van der Waals surface area contributed by atoms with Crippen LogP contribution < -0.4 is 9.64 Å². The number of hydrogen-bond acceptors (Lipinski definition) is 6. The van der Waals surface area contributed by atoms with Crippen LogP contribution in [0.3, 0.4) is 0 Å². The van der Waals surface area contributed by atoms with Gasteiger partial charge in [-0.15, -0.1) is 0 Å². The third-order valence-corrected chi connectivity index (χ3v) is 4.85. The number of anilines is 1. The van der Waals surface area contributed by atoms with E-state index in [0.29, 0.717) is 29.6 Å². The molecule has 1 aliphatic rings. The van der Waals surface area contributed by atoms with Gasteiger partial charge in [0.25, 0.3) is 0 Å². The zero-order valence-electron chi connectivity index (χ0n) is 15.7. The molecule has 0 radical (unpaired) electrons. The molecule has 0 aromatic carbocycles. The molecule has 1 saturated heterocycles. The molecule has 1 aliphatic heterocycles. The monoisotopic (exact) mass is 435 g/mol. The summed E-state index contributed by atoms with van der Waals surface area (Å²) in [6.45, 7) is 0.951. The van der Waals surface area contributed by atoms with Gasteiger partial charge in [0.15, 0.2) is 11.5 Å². The Hall–Kier alpha value is -2.94. The van der Waals surface area contributed by atoms with Gasteiger partial charge in [-0.2, -0.15) is 13.2 Å². The fraction of sp³-hybridized carbons (Fsp3) is 0.300. The zero-order chi connectivity index (χ0) is 21.1. The van der Waals surface area contributed by atoms with Crippen molar-refractivity contribution in [2.75, 3.05) is 18.0 Å². The molecule has 1 atom stereocenters. The molecule has 1 unspecified atom stereocenters. The van der Waals surface area contributed by atoms with Crippen molar-refractivity contribution in [2.45, 2.75) is 25.1 Å². The molecule has 3 aromatic rings. The molecule has 1 fully saturated rings. The molecule has 0 N–H and O–H groups in total. The molecule has 0 bridgehead atoms. The molecule has 4 heterocycles. The predicted octanol–water partition coefficient (Wildman–Crippen LogP) is 4.65. The molecule has 3 aromatic heterocycles. The molecular weight excluding hydrogens is 419 g/mol. The first-order chi connectivity index (χ1) is 14.4. The van der Waals surface area contributed by atoms with Gasteiger partial charge in [-0.25, -0.2) is 15.0 Å². The lowest BCUT2D eigenvalue weighted by molar-refractivity contribution is -0.141. The first kappa shape index (κ1) is 20.3.